The highest BCUT2D eigenvalue weighted by molar-refractivity contribution is 5.73. The Hall–Kier alpha value is -3.13. The zero-order valence-corrected chi connectivity index (χ0v) is 18.8. The maximum Gasteiger partial charge on any atom is 0.286 e. The lowest BCUT2D eigenvalue weighted by atomic mass is 10.0. The Balaban J connectivity index is 1.53. The van der Waals surface area contributed by atoms with Crippen LogP contribution in [0.3, 0.4) is 0 Å². The van der Waals surface area contributed by atoms with Crippen LogP contribution in [0.15, 0.2) is 52.6 Å². The Morgan fingerprint density at radius 1 is 1.09 bits per heavy atom. The number of oxime groups is 1. The molecule has 0 atom stereocenters. The van der Waals surface area contributed by atoms with E-state index in [-0.39, 0.29) is 0 Å². The van der Waals surface area contributed by atoms with Crippen molar-refractivity contribution >= 4 is 12.2 Å². The van der Waals surface area contributed by atoms with Crippen LogP contribution in [0.25, 0.3) is 0 Å². The van der Waals surface area contributed by atoms with E-state index in [1.807, 2.05) is 43.3 Å². The van der Waals surface area contributed by atoms with Gasteiger partial charge < -0.3 is 23.9 Å². The number of halogens is 1. The summed E-state index contributed by atoms with van der Waals surface area (Å²) in [6, 6.07) is 12.7. The van der Waals surface area contributed by atoms with Crippen LogP contribution in [-0.2, 0) is 22.6 Å². The van der Waals surface area contributed by atoms with Gasteiger partial charge in [-0.2, -0.15) is 0 Å². The molecule has 1 fully saturated rings. The Morgan fingerprint density at radius 3 is 2.47 bits per heavy atom. The lowest BCUT2D eigenvalue weighted by molar-refractivity contribution is 0.0833. The lowest BCUT2D eigenvalue weighted by Gasteiger charge is -2.17. The summed E-state index contributed by atoms with van der Waals surface area (Å²) < 4.78 is 30.3. The molecule has 0 amide bonds. The molecule has 0 aromatic heterocycles. The highest BCUT2D eigenvalue weighted by Gasteiger charge is 2.11. The number of nitrogens with zero attached hydrogens (tertiary/aromatic N) is 3. The van der Waals surface area contributed by atoms with Gasteiger partial charge in [0.1, 0.15) is 18.2 Å². The van der Waals surface area contributed by atoms with Gasteiger partial charge in [0.2, 0.25) is 0 Å². The standard InChI is InChI=1S/C24H30FN3O4/c1-28(2)24(29-3)26-15-18-4-6-20(7-5-18)17-31-22-12-21(25)13-23(14-22)32-27-16-19-8-10-30-11-9-19/h4-7,12-14,16,19H,8-11,15,17H2,1-3H3. The van der Waals surface area contributed by atoms with E-state index >= 15 is 0 Å². The molecule has 2 aromatic rings. The molecular weight excluding hydrogens is 413 g/mol. The number of benzene rings is 2. The number of aliphatic imine (C=N–C) groups is 1. The second-order valence-electron chi connectivity index (χ2n) is 7.72. The minimum Gasteiger partial charge on any atom is -0.489 e. The van der Waals surface area contributed by atoms with Crippen LogP contribution in [0.4, 0.5) is 4.39 Å². The molecular formula is C24H30FN3O4. The van der Waals surface area contributed by atoms with Crippen LogP contribution in [0.2, 0.25) is 0 Å². The number of amidine groups is 1. The van der Waals surface area contributed by atoms with Crippen molar-refractivity contribution in [1.29, 1.82) is 0 Å². The van der Waals surface area contributed by atoms with Crippen LogP contribution < -0.4 is 9.57 Å². The van der Waals surface area contributed by atoms with Crippen molar-refractivity contribution in [1.82, 2.24) is 4.90 Å². The summed E-state index contributed by atoms with van der Waals surface area (Å²) in [5.74, 6) is 0.560. The van der Waals surface area contributed by atoms with Crippen molar-refractivity contribution < 1.29 is 23.4 Å². The van der Waals surface area contributed by atoms with Crippen LogP contribution in [0, 0.1) is 11.7 Å². The molecule has 0 N–H and O–H groups in total. The Labute approximate surface area is 188 Å². The van der Waals surface area contributed by atoms with Gasteiger partial charge in [-0.1, -0.05) is 29.4 Å². The quantitative estimate of drug-likeness (QED) is 0.347. The largest absolute Gasteiger partial charge is 0.489 e. The minimum absolute atomic E-state index is 0.298. The first-order valence-electron chi connectivity index (χ1n) is 10.6. The van der Waals surface area contributed by atoms with Crippen molar-refractivity contribution in [2.75, 3.05) is 34.4 Å². The van der Waals surface area contributed by atoms with Crippen molar-refractivity contribution in [2.24, 2.45) is 16.1 Å². The highest BCUT2D eigenvalue weighted by Crippen LogP contribution is 2.23. The summed E-state index contributed by atoms with van der Waals surface area (Å²) >= 11 is 0. The van der Waals surface area contributed by atoms with Crippen molar-refractivity contribution in [2.45, 2.75) is 26.0 Å². The fraction of sp³-hybridized carbons (Fsp3) is 0.417. The third kappa shape index (κ3) is 7.53. The Kier molecular flexibility index (Phi) is 8.86. The topological polar surface area (TPSA) is 64.9 Å². The van der Waals surface area contributed by atoms with Gasteiger partial charge in [-0.25, -0.2) is 9.38 Å². The number of methoxy groups -OCH3 is 1. The molecule has 3 rings (SSSR count). The fourth-order valence-electron chi connectivity index (χ4n) is 3.17. The molecule has 8 heteroatoms. The number of hydrogen-bond acceptors (Lipinski definition) is 6. The van der Waals surface area contributed by atoms with E-state index < -0.39 is 5.82 Å². The SMILES string of the molecule is COC(=NCc1ccc(COc2cc(F)cc(ON=CC3CCOCC3)c2)cc1)N(C)C. The molecule has 0 bridgehead atoms. The van der Waals surface area contributed by atoms with E-state index in [9.17, 15) is 4.39 Å². The van der Waals surface area contributed by atoms with E-state index in [2.05, 4.69) is 10.1 Å². The normalized spacial score (nSPS) is 15.1. The maximum absolute atomic E-state index is 14.0. The monoisotopic (exact) mass is 443 g/mol. The van der Waals surface area contributed by atoms with E-state index in [4.69, 9.17) is 19.0 Å². The first kappa shape index (κ1) is 23.5. The van der Waals surface area contributed by atoms with Crippen molar-refractivity contribution in [3.05, 3.63) is 59.4 Å². The molecule has 0 radical (unpaired) electrons. The number of hydrogen-bond donors (Lipinski definition) is 0. The fourth-order valence-corrected chi connectivity index (χ4v) is 3.17. The highest BCUT2D eigenvalue weighted by atomic mass is 19.1. The first-order valence-corrected chi connectivity index (χ1v) is 10.6. The molecule has 2 aromatic carbocycles. The maximum atomic E-state index is 14.0. The van der Waals surface area contributed by atoms with Crippen LogP contribution in [0.1, 0.15) is 24.0 Å². The minimum atomic E-state index is -0.443. The second kappa shape index (κ2) is 12.0. The van der Waals surface area contributed by atoms with Gasteiger partial charge in [-0.3, -0.25) is 0 Å². The number of rotatable bonds is 8. The van der Waals surface area contributed by atoms with Crippen LogP contribution in [0.5, 0.6) is 11.5 Å². The Morgan fingerprint density at radius 2 is 1.78 bits per heavy atom. The predicted molar refractivity (Wildman–Crippen MR) is 122 cm³/mol. The summed E-state index contributed by atoms with van der Waals surface area (Å²) in [6.07, 6.45) is 3.59. The van der Waals surface area contributed by atoms with E-state index in [1.54, 1.807) is 19.4 Å². The van der Waals surface area contributed by atoms with Gasteiger partial charge in [0.25, 0.3) is 6.02 Å². The molecule has 1 aliphatic rings. The molecule has 1 saturated heterocycles. The van der Waals surface area contributed by atoms with Gasteiger partial charge in [0, 0.05) is 57.6 Å². The van der Waals surface area contributed by atoms with Crippen LogP contribution in [-0.4, -0.2) is 51.6 Å². The molecule has 7 nitrogen and oxygen atoms in total. The second-order valence-corrected chi connectivity index (χ2v) is 7.72. The van der Waals surface area contributed by atoms with Gasteiger partial charge in [0.15, 0.2) is 5.75 Å². The Bertz CT molecular complexity index is 910. The molecule has 172 valence electrons. The molecule has 32 heavy (non-hydrogen) atoms. The average Bonchev–Trinajstić information content (AvgIpc) is 2.79. The summed E-state index contributed by atoms with van der Waals surface area (Å²) in [5.41, 5.74) is 2.01. The predicted octanol–water partition coefficient (Wildman–Crippen LogP) is 4.26. The van der Waals surface area contributed by atoms with Gasteiger partial charge in [-0.05, 0) is 24.0 Å². The zero-order chi connectivity index (χ0) is 22.8. The third-order valence-corrected chi connectivity index (χ3v) is 4.93. The van der Waals surface area contributed by atoms with Crippen LogP contribution >= 0.6 is 0 Å². The smallest absolute Gasteiger partial charge is 0.286 e. The summed E-state index contributed by atoms with van der Waals surface area (Å²) in [4.78, 5) is 11.6. The average molecular weight is 444 g/mol. The molecule has 0 spiro atoms. The molecule has 0 saturated carbocycles. The lowest BCUT2D eigenvalue weighted by Crippen LogP contribution is -2.23. The van der Waals surface area contributed by atoms with Gasteiger partial charge in [0.05, 0.1) is 13.7 Å². The van der Waals surface area contributed by atoms with E-state index in [0.717, 1.165) is 37.2 Å². The summed E-state index contributed by atoms with van der Waals surface area (Å²) in [6.45, 7) is 2.28. The molecule has 0 aliphatic carbocycles. The van der Waals surface area contributed by atoms with Crippen molar-refractivity contribution in [3.8, 4) is 11.5 Å². The van der Waals surface area contributed by atoms with Gasteiger partial charge in [-0.15, -0.1) is 0 Å². The number of ether oxygens (including phenoxy) is 3. The zero-order valence-electron chi connectivity index (χ0n) is 18.8. The van der Waals surface area contributed by atoms with E-state index in [1.165, 1.54) is 12.1 Å². The molecule has 1 aliphatic heterocycles. The molecule has 0 unspecified atom stereocenters. The summed E-state index contributed by atoms with van der Waals surface area (Å²) in [5, 5.41) is 4.00. The van der Waals surface area contributed by atoms with Gasteiger partial charge >= 0.3 is 0 Å². The first-order chi connectivity index (χ1) is 15.5. The summed E-state index contributed by atoms with van der Waals surface area (Å²) in [7, 11) is 5.36. The van der Waals surface area contributed by atoms with Crippen molar-refractivity contribution in [3.63, 3.8) is 0 Å². The molecule has 1 heterocycles. The van der Waals surface area contributed by atoms with E-state index in [0.29, 0.717) is 36.6 Å². The third-order valence-electron chi connectivity index (χ3n) is 4.93.